The van der Waals surface area contributed by atoms with Gasteiger partial charge in [0, 0.05) is 19.0 Å². The molecule has 0 bridgehead atoms. The standard InChI is InChI=1S/C10H20N2.C2H5NO.C2H6/c11-9-3-5-10(6-4-9)12-7-1-2-8-12;1-2(3)4;1-2/h9-10H,1-8,11H2;1H3,(H2,3,4);1-2H3. The Bertz CT molecular complexity index is 203. The molecule has 1 saturated heterocycles. The highest BCUT2D eigenvalue weighted by Crippen LogP contribution is 2.24. The summed E-state index contributed by atoms with van der Waals surface area (Å²) < 4.78 is 0. The number of nitrogens with zero attached hydrogens (tertiary/aromatic N) is 1. The maximum atomic E-state index is 9.22. The van der Waals surface area contributed by atoms with Gasteiger partial charge in [0.15, 0.2) is 0 Å². The van der Waals surface area contributed by atoms with Crippen LogP contribution in [-0.2, 0) is 4.79 Å². The number of hydrogen-bond acceptors (Lipinski definition) is 3. The summed E-state index contributed by atoms with van der Waals surface area (Å²) in [6.45, 7) is 8.00. The van der Waals surface area contributed by atoms with Crippen LogP contribution in [0.5, 0.6) is 0 Å². The lowest BCUT2D eigenvalue weighted by Gasteiger charge is -2.33. The number of likely N-dealkylation sites (tertiary alicyclic amines) is 1. The fraction of sp³-hybridized carbons (Fsp3) is 0.929. The predicted octanol–water partition coefficient (Wildman–Crippen LogP) is 1.87. The van der Waals surface area contributed by atoms with Crippen LogP contribution in [-0.4, -0.2) is 36.0 Å². The second-order valence-electron chi connectivity index (χ2n) is 4.92. The lowest BCUT2D eigenvalue weighted by Crippen LogP contribution is -2.39. The first-order valence-electron chi connectivity index (χ1n) is 7.35. The molecule has 0 unspecified atom stereocenters. The van der Waals surface area contributed by atoms with Crippen LogP contribution in [0, 0.1) is 0 Å². The van der Waals surface area contributed by atoms with E-state index in [1.807, 2.05) is 13.8 Å². The largest absolute Gasteiger partial charge is 0.370 e. The number of carbonyl (C=O) groups excluding carboxylic acids is 1. The highest BCUT2D eigenvalue weighted by atomic mass is 16.1. The minimum atomic E-state index is -0.333. The highest BCUT2D eigenvalue weighted by molar-refractivity contribution is 5.70. The van der Waals surface area contributed by atoms with E-state index in [1.54, 1.807) is 0 Å². The molecule has 1 heterocycles. The lowest BCUT2D eigenvalue weighted by atomic mass is 9.91. The first-order chi connectivity index (χ1) is 8.59. The van der Waals surface area contributed by atoms with Crippen LogP contribution in [0.3, 0.4) is 0 Å². The Morgan fingerprint density at radius 2 is 1.44 bits per heavy atom. The minimum Gasteiger partial charge on any atom is -0.370 e. The van der Waals surface area contributed by atoms with Gasteiger partial charge >= 0.3 is 0 Å². The van der Waals surface area contributed by atoms with Gasteiger partial charge in [-0.15, -0.1) is 0 Å². The number of nitrogens with two attached hydrogens (primary N) is 2. The molecular formula is C14H31N3O. The Labute approximate surface area is 112 Å². The Kier molecular flexibility index (Phi) is 9.98. The van der Waals surface area contributed by atoms with Crippen molar-refractivity contribution in [3.63, 3.8) is 0 Å². The van der Waals surface area contributed by atoms with Crippen molar-refractivity contribution in [1.29, 1.82) is 0 Å². The van der Waals surface area contributed by atoms with Crippen molar-refractivity contribution in [2.24, 2.45) is 11.5 Å². The smallest absolute Gasteiger partial charge is 0.214 e. The molecule has 1 saturated carbocycles. The molecule has 2 rings (SSSR count). The van der Waals surface area contributed by atoms with Gasteiger partial charge in [0.1, 0.15) is 0 Å². The molecule has 0 atom stereocenters. The Morgan fingerprint density at radius 3 is 1.83 bits per heavy atom. The van der Waals surface area contributed by atoms with E-state index in [1.165, 1.54) is 58.5 Å². The Morgan fingerprint density at radius 1 is 1.06 bits per heavy atom. The van der Waals surface area contributed by atoms with Gasteiger partial charge in [-0.2, -0.15) is 0 Å². The molecule has 4 heteroatoms. The molecule has 108 valence electrons. The molecule has 4 N–H and O–H groups in total. The third kappa shape index (κ3) is 7.67. The first kappa shape index (κ1) is 17.4. The van der Waals surface area contributed by atoms with Crippen molar-refractivity contribution in [3.8, 4) is 0 Å². The van der Waals surface area contributed by atoms with Gasteiger partial charge in [0.2, 0.25) is 5.91 Å². The van der Waals surface area contributed by atoms with Crippen LogP contribution in [0.25, 0.3) is 0 Å². The second kappa shape index (κ2) is 10.3. The fourth-order valence-corrected chi connectivity index (χ4v) is 2.57. The summed E-state index contributed by atoms with van der Waals surface area (Å²) in [7, 11) is 0. The van der Waals surface area contributed by atoms with Crippen molar-refractivity contribution < 1.29 is 4.79 Å². The number of primary amides is 1. The molecule has 0 aromatic heterocycles. The van der Waals surface area contributed by atoms with Gasteiger partial charge in [0.05, 0.1) is 0 Å². The van der Waals surface area contributed by atoms with E-state index in [9.17, 15) is 4.79 Å². The van der Waals surface area contributed by atoms with Gasteiger partial charge in [-0.25, -0.2) is 0 Å². The molecule has 1 aliphatic carbocycles. The number of rotatable bonds is 1. The molecule has 1 aliphatic heterocycles. The van der Waals surface area contributed by atoms with E-state index < -0.39 is 0 Å². The van der Waals surface area contributed by atoms with Gasteiger partial charge in [-0.05, 0) is 51.6 Å². The van der Waals surface area contributed by atoms with E-state index in [0.29, 0.717) is 6.04 Å². The summed E-state index contributed by atoms with van der Waals surface area (Å²) in [6.07, 6.45) is 8.04. The summed E-state index contributed by atoms with van der Waals surface area (Å²) in [5.41, 5.74) is 10.3. The zero-order valence-electron chi connectivity index (χ0n) is 12.3. The fourth-order valence-electron chi connectivity index (χ4n) is 2.57. The summed E-state index contributed by atoms with van der Waals surface area (Å²) in [4.78, 5) is 11.9. The Balaban J connectivity index is 0.000000415. The molecule has 2 fully saturated rings. The number of carbonyl (C=O) groups is 1. The van der Waals surface area contributed by atoms with Gasteiger partial charge < -0.3 is 16.4 Å². The van der Waals surface area contributed by atoms with E-state index in [-0.39, 0.29) is 5.91 Å². The van der Waals surface area contributed by atoms with E-state index in [2.05, 4.69) is 10.6 Å². The average Bonchev–Trinajstić information content (AvgIpc) is 2.85. The molecule has 0 spiro atoms. The van der Waals surface area contributed by atoms with Crippen LogP contribution in [0.1, 0.15) is 59.3 Å². The van der Waals surface area contributed by atoms with Crippen LogP contribution in [0.15, 0.2) is 0 Å². The minimum absolute atomic E-state index is 0.333. The second-order valence-corrected chi connectivity index (χ2v) is 4.92. The van der Waals surface area contributed by atoms with Crippen molar-refractivity contribution in [1.82, 2.24) is 4.90 Å². The van der Waals surface area contributed by atoms with Crippen LogP contribution in [0.2, 0.25) is 0 Å². The van der Waals surface area contributed by atoms with Crippen molar-refractivity contribution in [2.75, 3.05) is 13.1 Å². The molecule has 18 heavy (non-hydrogen) atoms. The summed E-state index contributed by atoms with van der Waals surface area (Å²) >= 11 is 0. The molecule has 1 amide bonds. The van der Waals surface area contributed by atoms with Crippen molar-refractivity contribution in [2.45, 2.75) is 71.4 Å². The van der Waals surface area contributed by atoms with E-state index >= 15 is 0 Å². The Hall–Kier alpha value is -0.610. The SMILES string of the molecule is CC.CC(N)=O.NC1CCC(N2CCCC2)CC1. The van der Waals surface area contributed by atoms with Crippen LogP contribution in [0.4, 0.5) is 0 Å². The third-order valence-electron chi connectivity index (χ3n) is 3.40. The monoisotopic (exact) mass is 257 g/mol. The number of amides is 1. The van der Waals surface area contributed by atoms with Gasteiger partial charge in [-0.3, -0.25) is 4.79 Å². The molecule has 0 aromatic rings. The van der Waals surface area contributed by atoms with Crippen LogP contribution >= 0.6 is 0 Å². The molecule has 0 radical (unpaired) electrons. The molecular weight excluding hydrogens is 226 g/mol. The maximum absolute atomic E-state index is 9.22. The van der Waals surface area contributed by atoms with Gasteiger partial charge in [0.25, 0.3) is 0 Å². The van der Waals surface area contributed by atoms with Crippen LogP contribution < -0.4 is 11.5 Å². The van der Waals surface area contributed by atoms with Crippen molar-refractivity contribution >= 4 is 5.91 Å². The summed E-state index contributed by atoms with van der Waals surface area (Å²) in [5, 5.41) is 0. The highest BCUT2D eigenvalue weighted by Gasteiger charge is 2.25. The lowest BCUT2D eigenvalue weighted by molar-refractivity contribution is -0.115. The number of hydrogen-bond donors (Lipinski definition) is 2. The van der Waals surface area contributed by atoms with Gasteiger partial charge in [-0.1, -0.05) is 13.8 Å². The topological polar surface area (TPSA) is 72.3 Å². The third-order valence-corrected chi connectivity index (χ3v) is 3.40. The average molecular weight is 257 g/mol. The predicted molar refractivity (Wildman–Crippen MR) is 77.3 cm³/mol. The maximum Gasteiger partial charge on any atom is 0.214 e. The van der Waals surface area contributed by atoms with Crippen molar-refractivity contribution in [3.05, 3.63) is 0 Å². The molecule has 2 aliphatic rings. The first-order valence-corrected chi connectivity index (χ1v) is 7.35. The zero-order valence-corrected chi connectivity index (χ0v) is 12.3. The molecule has 4 nitrogen and oxygen atoms in total. The normalized spacial score (nSPS) is 27.6. The zero-order chi connectivity index (χ0) is 14.0. The summed E-state index contributed by atoms with van der Waals surface area (Å²) in [6, 6.07) is 1.39. The van der Waals surface area contributed by atoms with E-state index in [0.717, 1.165) is 6.04 Å². The quantitative estimate of drug-likeness (QED) is 0.753. The van der Waals surface area contributed by atoms with E-state index in [4.69, 9.17) is 5.73 Å². The summed E-state index contributed by atoms with van der Waals surface area (Å²) in [5.74, 6) is -0.333. The molecule has 0 aromatic carbocycles.